The number of nitrogens with zero attached hydrogens (tertiary/aromatic N) is 3. The van der Waals surface area contributed by atoms with Crippen LogP contribution < -0.4 is 10.2 Å². The van der Waals surface area contributed by atoms with E-state index < -0.39 is 0 Å². The van der Waals surface area contributed by atoms with E-state index in [0.29, 0.717) is 13.1 Å². The van der Waals surface area contributed by atoms with Gasteiger partial charge in [0, 0.05) is 69.5 Å². The topological polar surface area (TPSA) is 55.9 Å². The largest absolute Gasteiger partial charge is 0.369 e. The molecule has 2 amide bonds. The summed E-state index contributed by atoms with van der Waals surface area (Å²) in [5.41, 5.74) is 0.945. The van der Waals surface area contributed by atoms with Crippen LogP contribution in [0.4, 0.5) is 5.69 Å². The standard InChI is InChI=1S/C22H31ClN4O2/c1-17(28)26-9-6-22(7-10-26)16-19(24-21(22)29)5-8-25-11-13-27(14-12-25)20-4-2-3-18(23)15-20/h2-4,15,19H,5-14,16H2,1H3,(H,24,29)/t19-/m1/s1. The van der Waals surface area contributed by atoms with Gasteiger partial charge in [0.2, 0.25) is 11.8 Å². The number of anilines is 1. The average Bonchev–Trinajstić information content (AvgIpc) is 3.02. The first-order chi connectivity index (χ1) is 13.9. The number of halogens is 1. The maximum atomic E-state index is 12.7. The zero-order valence-corrected chi connectivity index (χ0v) is 18.0. The third kappa shape index (κ3) is 4.53. The molecule has 158 valence electrons. The number of hydrogen-bond donors (Lipinski definition) is 1. The fourth-order valence-electron chi connectivity index (χ4n) is 5.05. The molecule has 0 bridgehead atoms. The maximum absolute atomic E-state index is 12.7. The van der Waals surface area contributed by atoms with Crippen molar-refractivity contribution in [2.24, 2.45) is 5.41 Å². The van der Waals surface area contributed by atoms with Gasteiger partial charge in [0.1, 0.15) is 0 Å². The molecule has 1 aromatic rings. The summed E-state index contributed by atoms with van der Waals surface area (Å²) < 4.78 is 0. The van der Waals surface area contributed by atoms with Crippen LogP contribution in [0.15, 0.2) is 24.3 Å². The molecule has 6 nitrogen and oxygen atoms in total. The summed E-state index contributed by atoms with van der Waals surface area (Å²) in [6.07, 6.45) is 3.52. The van der Waals surface area contributed by atoms with Gasteiger partial charge >= 0.3 is 0 Å². The van der Waals surface area contributed by atoms with E-state index >= 15 is 0 Å². The fraction of sp³-hybridized carbons (Fsp3) is 0.636. The zero-order chi connectivity index (χ0) is 20.4. The number of hydrogen-bond acceptors (Lipinski definition) is 4. The summed E-state index contributed by atoms with van der Waals surface area (Å²) in [6, 6.07) is 8.32. The van der Waals surface area contributed by atoms with E-state index in [0.717, 1.165) is 63.4 Å². The number of piperidine rings is 1. The van der Waals surface area contributed by atoms with Crippen LogP contribution in [-0.4, -0.2) is 73.5 Å². The first-order valence-electron chi connectivity index (χ1n) is 10.7. The number of rotatable bonds is 4. The van der Waals surface area contributed by atoms with Crippen LogP contribution in [-0.2, 0) is 9.59 Å². The van der Waals surface area contributed by atoms with Crippen molar-refractivity contribution >= 4 is 29.1 Å². The molecule has 7 heteroatoms. The fourth-order valence-corrected chi connectivity index (χ4v) is 5.23. The highest BCUT2D eigenvalue weighted by atomic mass is 35.5. The Hall–Kier alpha value is -1.79. The van der Waals surface area contributed by atoms with E-state index in [9.17, 15) is 9.59 Å². The number of piperazine rings is 1. The molecule has 3 fully saturated rings. The third-order valence-corrected chi connectivity index (χ3v) is 7.19. The lowest BCUT2D eigenvalue weighted by Gasteiger charge is -2.37. The van der Waals surface area contributed by atoms with Gasteiger partial charge in [0.15, 0.2) is 0 Å². The minimum absolute atomic E-state index is 0.117. The molecular weight excluding hydrogens is 388 g/mol. The average molecular weight is 419 g/mol. The van der Waals surface area contributed by atoms with Crippen molar-refractivity contribution in [1.29, 1.82) is 0 Å². The molecule has 1 N–H and O–H groups in total. The second kappa shape index (κ2) is 8.52. The van der Waals surface area contributed by atoms with Crippen LogP contribution in [0.3, 0.4) is 0 Å². The number of carbonyl (C=O) groups excluding carboxylic acids is 2. The van der Waals surface area contributed by atoms with E-state index in [2.05, 4.69) is 21.2 Å². The van der Waals surface area contributed by atoms with Crippen molar-refractivity contribution in [2.45, 2.75) is 38.6 Å². The predicted octanol–water partition coefficient (Wildman–Crippen LogP) is 2.37. The van der Waals surface area contributed by atoms with Crippen molar-refractivity contribution in [2.75, 3.05) is 50.7 Å². The smallest absolute Gasteiger partial charge is 0.226 e. The van der Waals surface area contributed by atoms with Gasteiger partial charge in [-0.05, 0) is 43.9 Å². The lowest BCUT2D eigenvalue weighted by molar-refractivity contribution is -0.136. The van der Waals surface area contributed by atoms with Gasteiger partial charge < -0.3 is 15.1 Å². The summed E-state index contributed by atoms with van der Waals surface area (Å²) in [7, 11) is 0. The molecule has 0 radical (unpaired) electrons. The number of likely N-dealkylation sites (tertiary alicyclic amines) is 1. The molecule has 1 spiro atoms. The first kappa shape index (κ1) is 20.5. The molecule has 1 atom stereocenters. The first-order valence-corrected chi connectivity index (χ1v) is 11.1. The van der Waals surface area contributed by atoms with Crippen LogP contribution in [0, 0.1) is 5.41 Å². The second-order valence-corrected chi connectivity index (χ2v) is 9.19. The molecule has 0 aromatic heterocycles. The predicted molar refractivity (Wildman–Crippen MR) is 115 cm³/mol. The van der Waals surface area contributed by atoms with E-state index in [1.165, 1.54) is 5.69 Å². The Morgan fingerprint density at radius 2 is 1.90 bits per heavy atom. The van der Waals surface area contributed by atoms with Crippen LogP contribution >= 0.6 is 11.6 Å². The van der Waals surface area contributed by atoms with Gasteiger partial charge in [-0.25, -0.2) is 0 Å². The van der Waals surface area contributed by atoms with Crippen LogP contribution in [0.2, 0.25) is 5.02 Å². The molecule has 0 unspecified atom stereocenters. The Bertz CT molecular complexity index is 755. The second-order valence-electron chi connectivity index (χ2n) is 8.76. The van der Waals surface area contributed by atoms with Gasteiger partial charge in [0.25, 0.3) is 0 Å². The summed E-state index contributed by atoms with van der Waals surface area (Å²) >= 11 is 6.12. The molecule has 4 rings (SSSR count). The number of benzene rings is 1. The third-order valence-electron chi connectivity index (χ3n) is 6.96. The van der Waals surface area contributed by atoms with Gasteiger partial charge in [-0.3, -0.25) is 14.5 Å². The van der Waals surface area contributed by atoms with E-state index in [-0.39, 0.29) is 23.3 Å². The zero-order valence-electron chi connectivity index (χ0n) is 17.2. The Balaban J connectivity index is 1.23. The van der Waals surface area contributed by atoms with Crippen molar-refractivity contribution in [3.05, 3.63) is 29.3 Å². The molecule has 0 aliphatic carbocycles. The molecule has 3 heterocycles. The summed E-state index contributed by atoms with van der Waals surface area (Å²) in [4.78, 5) is 31.0. The maximum Gasteiger partial charge on any atom is 0.226 e. The van der Waals surface area contributed by atoms with Crippen molar-refractivity contribution in [3.63, 3.8) is 0 Å². The number of nitrogens with one attached hydrogen (secondary N) is 1. The highest BCUT2D eigenvalue weighted by Gasteiger charge is 2.48. The molecular formula is C22H31ClN4O2. The normalized spacial score (nSPS) is 24.8. The van der Waals surface area contributed by atoms with Crippen molar-refractivity contribution in [1.82, 2.24) is 15.1 Å². The summed E-state index contributed by atoms with van der Waals surface area (Å²) in [5.74, 6) is 0.322. The molecule has 29 heavy (non-hydrogen) atoms. The number of carbonyl (C=O) groups is 2. The van der Waals surface area contributed by atoms with Crippen molar-refractivity contribution < 1.29 is 9.59 Å². The van der Waals surface area contributed by atoms with Crippen LogP contribution in [0.1, 0.15) is 32.6 Å². The summed E-state index contributed by atoms with van der Waals surface area (Å²) in [5, 5.41) is 4.03. The molecule has 3 aliphatic rings. The lowest BCUT2D eigenvalue weighted by Crippen LogP contribution is -2.47. The minimum atomic E-state index is -0.248. The molecule has 1 aromatic carbocycles. The SMILES string of the molecule is CC(=O)N1CCC2(CC1)C[C@@H](CCN1CCN(c3cccc(Cl)c3)CC1)NC2=O. The molecule has 0 saturated carbocycles. The Morgan fingerprint density at radius 3 is 2.55 bits per heavy atom. The van der Waals surface area contributed by atoms with Crippen LogP contribution in [0.5, 0.6) is 0 Å². The Labute approximate surface area is 178 Å². The van der Waals surface area contributed by atoms with Gasteiger partial charge in [-0.2, -0.15) is 0 Å². The monoisotopic (exact) mass is 418 g/mol. The van der Waals surface area contributed by atoms with E-state index in [4.69, 9.17) is 11.6 Å². The number of amides is 2. The summed E-state index contributed by atoms with van der Waals surface area (Å²) in [6.45, 7) is 8.12. The van der Waals surface area contributed by atoms with Gasteiger partial charge in [0.05, 0.1) is 5.41 Å². The quantitative estimate of drug-likeness (QED) is 0.815. The van der Waals surface area contributed by atoms with E-state index in [1.807, 2.05) is 23.1 Å². The Kier molecular flexibility index (Phi) is 6.02. The van der Waals surface area contributed by atoms with Crippen LogP contribution in [0.25, 0.3) is 0 Å². The minimum Gasteiger partial charge on any atom is -0.369 e. The molecule has 3 saturated heterocycles. The van der Waals surface area contributed by atoms with Gasteiger partial charge in [-0.15, -0.1) is 0 Å². The highest BCUT2D eigenvalue weighted by molar-refractivity contribution is 6.30. The lowest BCUT2D eigenvalue weighted by atomic mass is 9.75. The van der Waals surface area contributed by atoms with Gasteiger partial charge in [-0.1, -0.05) is 17.7 Å². The highest BCUT2D eigenvalue weighted by Crippen LogP contribution is 2.41. The van der Waals surface area contributed by atoms with E-state index in [1.54, 1.807) is 6.92 Å². The molecule has 3 aliphatic heterocycles. The van der Waals surface area contributed by atoms with Crippen molar-refractivity contribution in [3.8, 4) is 0 Å². The Morgan fingerprint density at radius 1 is 1.17 bits per heavy atom.